The van der Waals surface area contributed by atoms with Crippen LogP contribution in [-0.4, -0.2) is 13.1 Å². The van der Waals surface area contributed by atoms with Crippen molar-refractivity contribution >= 4 is 5.69 Å². The Morgan fingerprint density at radius 3 is 2.95 bits per heavy atom. The molecule has 2 aliphatic rings. The van der Waals surface area contributed by atoms with Gasteiger partial charge in [-0.2, -0.15) is 10.5 Å². The molecule has 94 valence electrons. The van der Waals surface area contributed by atoms with Gasteiger partial charge in [0.1, 0.15) is 5.41 Å². The average Bonchev–Trinajstić information content (AvgIpc) is 2.48. The number of anilines is 1. The molecule has 1 aromatic rings. The first kappa shape index (κ1) is 11.8. The van der Waals surface area contributed by atoms with E-state index < -0.39 is 5.41 Å². The first-order valence-electron chi connectivity index (χ1n) is 6.58. The monoisotopic (exact) mass is 249 g/mol. The summed E-state index contributed by atoms with van der Waals surface area (Å²) < 4.78 is 0. The molecule has 3 heteroatoms. The van der Waals surface area contributed by atoms with Gasteiger partial charge in [0.2, 0.25) is 0 Å². The van der Waals surface area contributed by atoms with Crippen molar-refractivity contribution in [1.82, 2.24) is 0 Å². The second kappa shape index (κ2) is 4.14. The second-order valence-corrected chi connectivity index (χ2v) is 5.23. The molecule has 0 N–H and O–H groups in total. The molecule has 3 nitrogen and oxygen atoms in total. The molecule has 0 saturated heterocycles. The minimum absolute atomic E-state index is 0.351. The number of nitriles is 2. The Kier molecular flexibility index (Phi) is 2.57. The maximum absolute atomic E-state index is 9.67. The molecule has 0 saturated carbocycles. The molecule has 2 heterocycles. The lowest BCUT2D eigenvalue weighted by Gasteiger charge is -2.44. The van der Waals surface area contributed by atoms with Gasteiger partial charge in [-0.1, -0.05) is 24.3 Å². The largest absolute Gasteiger partial charge is 0.370 e. The zero-order valence-corrected chi connectivity index (χ0v) is 10.8. The minimum atomic E-state index is -0.867. The summed E-state index contributed by atoms with van der Waals surface area (Å²) in [6, 6.07) is 10.8. The van der Waals surface area contributed by atoms with Gasteiger partial charge >= 0.3 is 0 Å². The smallest absolute Gasteiger partial charge is 0.119 e. The molecular formula is C16H15N3. The molecule has 0 aliphatic carbocycles. The van der Waals surface area contributed by atoms with E-state index in [9.17, 15) is 10.5 Å². The number of nitrogens with zero attached hydrogens (tertiary/aromatic N) is 3. The lowest BCUT2D eigenvalue weighted by molar-refractivity contribution is 0.453. The molecule has 19 heavy (non-hydrogen) atoms. The van der Waals surface area contributed by atoms with Crippen LogP contribution in [0.25, 0.3) is 0 Å². The zero-order chi connectivity index (χ0) is 13.5. The van der Waals surface area contributed by atoms with E-state index in [0.717, 1.165) is 24.9 Å². The number of hydrogen-bond donors (Lipinski definition) is 0. The quantitative estimate of drug-likeness (QED) is 0.719. The number of hydrogen-bond acceptors (Lipinski definition) is 3. The molecule has 2 atom stereocenters. The van der Waals surface area contributed by atoms with Gasteiger partial charge in [0.05, 0.1) is 18.1 Å². The molecule has 0 bridgehead atoms. The van der Waals surface area contributed by atoms with Gasteiger partial charge in [-0.25, -0.2) is 0 Å². The molecule has 0 spiro atoms. The van der Waals surface area contributed by atoms with Crippen LogP contribution in [0.2, 0.25) is 0 Å². The van der Waals surface area contributed by atoms with Gasteiger partial charge in [0.15, 0.2) is 0 Å². The first-order chi connectivity index (χ1) is 9.26. The van der Waals surface area contributed by atoms with E-state index in [4.69, 9.17) is 0 Å². The Bertz CT molecular complexity index is 620. The summed E-state index contributed by atoms with van der Waals surface area (Å²) in [5.41, 5.74) is 2.55. The molecule has 2 unspecified atom stereocenters. The standard InChI is InChI=1S/C16H15N3/c1-2-16(11-18)13(9-17)10-19-8-4-6-12-5-3-7-14(16)15(12)19/h2-3,5,7,13H,1,4,6,8,10H2. The maximum Gasteiger partial charge on any atom is 0.119 e. The van der Waals surface area contributed by atoms with Crippen molar-refractivity contribution in [2.45, 2.75) is 18.3 Å². The molecule has 0 fully saturated rings. The maximum atomic E-state index is 9.67. The molecule has 0 aromatic heterocycles. The first-order valence-corrected chi connectivity index (χ1v) is 6.58. The van der Waals surface area contributed by atoms with Gasteiger partial charge in [-0.05, 0) is 18.4 Å². The zero-order valence-electron chi connectivity index (χ0n) is 10.8. The van der Waals surface area contributed by atoms with Gasteiger partial charge in [0, 0.05) is 24.3 Å². The Morgan fingerprint density at radius 1 is 1.42 bits per heavy atom. The van der Waals surface area contributed by atoms with Gasteiger partial charge < -0.3 is 4.90 Å². The SMILES string of the molecule is C=CC1(C#N)c2cccc3c2N(CCC3)CC1C#N. The highest BCUT2D eigenvalue weighted by Gasteiger charge is 2.46. The predicted molar refractivity (Wildman–Crippen MR) is 73.6 cm³/mol. The number of para-hydroxylation sites is 1. The molecule has 1 aromatic carbocycles. The fraction of sp³-hybridized carbons (Fsp3) is 0.375. The van der Waals surface area contributed by atoms with Crippen LogP contribution in [0.5, 0.6) is 0 Å². The highest BCUT2D eigenvalue weighted by atomic mass is 15.2. The van der Waals surface area contributed by atoms with Crippen molar-refractivity contribution in [2.75, 3.05) is 18.0 Å². The highest BCUT2D eigenvalue weighted by molar-refractivity contribution is 5.69. The van der Waals surface area contributed by atoms with Crippen molar-refractivity contribution in [3.63, 3.8) is 0 Å². The fourth-order valence-electron chi connectivity index (χ4n) is 3.39. The second-order valence-electron chi connectivity index (χ2n) is 5.23. The number of aryl methyl sites for hydroxylation is 1. The fourth-order valence-corrected chi connectivity index (χ4v) is 3.39. The lowest BCUT2D eigenvalue weighted by Crippen LogP contribution is -2.48. The summed E-state index contributed by atoms with van der Waals surface area (Å²) in [5.74, 6) is -0.351. The third-order valence-electron chi connectivity index (χ3n) is 4.37. The van der Waals surface area contributed by atoms with Gasteiger partial charge in [-0.15, -0.1) is 6.58 Å². The Morgan fingerprint density at radius 2 is 2.26 bits per heavy atom. The van der Waals surface area contributed by atoms with Crippen LogP contribution in [-0.2, 0) is 11.8 Å². The molecule has 0 amide bonds. The van der Waals surface area contributed by atoms with Crippen LogP contribution < -0.4 is 4.90 Å². The van der Waals surface area contributed by atoms with E-state index >= 15 is 0 Å². The van der Waals surface area contributed by atoms with E-state index in [1.807, 2.05) is 12.1 Å². The predicted octanol–water partition coefficient (Wildman–Crippen LogP) is 2.54. The van der Waals surface area contributed by atoms with Crippen molar-refractivity contribution in [3.05, 3.63) is 42.0 Å². The van der Waals surface area contributed by atoms with Crippen LogP contribution >= 0.6 is 0 Å². The third-order valence-corrected chi connectivity index (χ3v) is 4.37. The molecule has 0 radical (unpaired) electrons. The summed E-state index contributed by atoms with van der Waals surface area (Å²) in [4.78, 5) is 2.27. The Hall–Kier alpha value is -2.26. The van der Waals surface area contributed by atoms with E-state index in [2.05, 4.69) is 29.7 Å². The van der Waals surface area contributed by atoms with Crippen molar-refractivity contribution < 1.29 is 0 Å². The van der Waals surface area contributed by atoms with Crippen LogP contribution in [0.3, 0.4) is 0 Å². The van der Waals surface area contributed by atoms with Crippen LogP contribution in [0.4, 0.5) is 5.69 Å². The number of benzene rings is 1. The van der Waals surface area contributed by atoms with Gasteiger partial charge in [0.25, 0.3) is 0 Å². The van der Waals surface area contributed by atoms with Crippen molar-refractivity contribution in [3.8, 4) is 12.1 Å². The van der Waals surface area contributed by atoms with Crippen molar-refractivity contribution in [1.29, 1.82) is 10.5 Å². The van der Waals surface area contributed by atoms with Crippen LogP contribution in [0, 0.1) is 28.6 Å². The minimum Gasteiger partial charge on any atom is -0.370 e. The van der Waals surface area contributed by atoms with E-state index in [-0.39, 0.29) is 5.92 Å². The summed E-state index contributed by atoms with van der Waals surface area (Å²) in [5, 5.41) is 19.1. The van der Waals surface area contributed by atoms with E-state index in [1.165, 1.54) is 11.3 Å². The molecular weight excluding hydrogens is 234 g/mol. The molecule has 2 aliphatic heterocycles. The topological polar surface area (TPSA) is 50.8 Å². The van der Waals surface area contributed by atoms with Crippen LogP contribution in [0.1, 0.15) is 17.5 Å². The summed E-state index contributed by atoms with van der Waals surface area (Å²) in [7, 11) is 0. The average molecular weight is 249 g/mol. The van der Waals surface area contributed by atoms with Gasteiger partial charge in [-0.3, -0.25) is 0 Å². The number of rotatable bonds is 1. The molecule has 3 rings (SSSR count). The van der Waals surface area contributed by atoms with Crippen LogP contribution in [0.15, 0.2) is 30.9 Å². The summed E-state index contributed by atoms with van der Waals surface area (Å²) in [6.07, 6.45) is 3.82. The Labute approximate surface area is 113 Å². The highest BCUT2D eigenvalue weighted by Crippen LogP contribution is 2.46. The Balaban J connectivity index is 2.31. The lowest BCUT2D eigenvalue weighted by atomic mass is 9.67. The van der Waals surface area contributed by atoms with E-state index in [1.54, 1.807) is 6.08 Å². The normalized spacial score (nSPS) is 27.9. The van der Waals surface area contributed by atoms with E-state index in [0.29, 0.717) is 6.54 Å². The van der Waals surface area contributed by atoms with Crippen molar-refractivity contribution in [2.24, 2.45) is 5.92 Å². The summed E-state index contributed by atoms with van der Waals surface area (Å²) >= 11 is 0. The number of allylic oxidation sites excluding steroid dienone is 1. The third kappa shape index (κ3) is 1.42. The summed E-state index contributed by atoms with van der Waals surface area (Å²) in [6.45, 7) is 5.43.